The zero-order valence-corrected chi connectivity index (χ0v) is 13.6. The molecule has 1 aromatic heterocycles. The third-order valence-electron chi connectivity index (χ3n) is 3.36. The van der Waals surface area contributed by atoms with Crippen LogP contribution in [-0.4, -0.2) is 30.4 Å². The van der Waals surface area contributed by atoms with E-state index in [1.165, 1.54) is 7.11 Å². The van der Waals surface area contributed by atoms with Gasteiger partial charge < -0.3 is 14.1 Å². The Morgan fingerprint density at radius 1 is 1.13 bits per heavy atom. The van der Waals surface area contributed by atoms with Crippen molar-refractivity contribution < 1.29 is 18.7 Å². The molecule has 0 atom stereocenters. The normalized spacial score (nSPS) is 10.6. The van der Waals surface area contributed by atoms with E-state index in [1.807, 2.05) is 19.9 Å². The summed E-state index contributed by atoms with van der Waals surface area (Å²) < 4.78 is 10.1. The van der Waals surface area contributed by atoms with E-state index in [4.69, 9.17) is 9.15 Å². The molecule has 0 aliphatic rings. The van der Waals surface area contributed by atoms with Crippen molar-refractivity contribution in [2.75, 3.05) is 13.7 Å². The van der Waals surface area contributed by atoms with Gasteiger partial charge in [-0.15, -0.1) is 0 Å². The predicted octanol–water partition coefficient (Wildman–Crippen LogP) is 3.36. The largest absolute Gasteiger partial charge is 0.467 e. The number of carbonyl (C=O) groups is 2. The first-order valence-electron chi connectivity index (χ1n) is 7.52. The lowest BCUT2D eigenvalue weighted by atomic mass is 10.1. The van der Waals surface area contributed by atoms with Crippen LogP contribution in [0.4, 0.5) is 0 Å². The molecule has 23 heavy (non-hydrogen) atoms. The van der Waals surface area contributed by atoms with Gasteiger partial charge >= 0.3 is 5.97 Å². The molecule has 0 aliphatic heterocycles. The van der Waals surface area contributed by atoms with E-state index in [9.17, 15) is 9.59 Å². The Morgan fingerprint density at radius 2 is 1.83 bits per heavy atom. The van der Waals surface area contributed by atoms with E-state index in [-0.39, 0.29) is 11.5 Å². The molecular weight excluding hydrogens is 294 g/mol. The molecule has 1 aromatic carbocycles. The van der Waals surface area contributed by atoms with Gasteiger partial charge in [0.2, 0.25) is 0 Å². The first-order valence-corrected chi connectivity index (χ1v) is 7.52. The Morgan fingerprint density at radius 3 is 2.39 bits per heavy atom. The summed E-state index contributed by atoms with van der Waals surface area (Å²) in [5.74, 6) is 0.265. The van der Waals surface area contributed by atoms with E-state index in [2.05, 4.69) is 0 Å². The molecule has 0 fully saturated rings. The molecule has 1 heterocycles. The van der Waals surface area contributed by atoms with E-state index >= 15 is 0 Å². The fraction of sp³-hybridized carbons (Fsp3) is 0.333. The number of esters is 1. The highest BCUT2D eigenvalue weighted by molar-refractivity contribution is 6.05. The molecule has 1 amide bonds. The fourth-order valence-corrected chi connectivity index (χ4v) is 2.38. The van der Waals surface area contributed by atoms with Crippen molar-refractivity contribution in [2.45, 2.75) is 20.4 Å². The quantitative estimate of drug-likeness (QED) is 0.767. The molecule has 0 aliphatic carbocycles. The van der Waals surface area contributed by atoms with Crippen LogP contribution in [0.1, 0.15) is 40.3 Å². The van der Waals surface area contributed by atoms with Gasteiger partial charge in [-0.05, 0) is 30.2 Å². The average Bonchev–Trinajstić information content (AvgIpc) is 3.05. The Hall–Kier alpha value is -2.56. The van der Waals surface area contributed by atoms with Gasteiger partial charge in [-0.1, -0.05) is 26.0 Å². The first kappa shape index (κ1) is 16.8. The summed E-state index contributed by atoms with van der Waals surface area (Å²) in [5, 5.41) is 0. The van der Waals surface area contributed by atoms with Crippen molar-refractivity contribution in [1.82, 2.24) is 4.90 Å². The average molecular weight is 315 g/mol. The van der Waals surface area contributed by atoms with Gasteiger partial charge in [-0.25, -0.2) is 4.79 Å². The van der Waals surface area contributed by atoms with Crippen LogP contribution >= 0.6 is 0 Å². The number of furan rings is 1. The summed E-state index contributed by atoms with van der Waals surface area (Å²) in [6.07, 6.45) is 1.58. The van der Waals surface area contributed by atoms with E-state index < -0.39 is 5.97 Å². The van der Waals surface area contributed by atoms with E-state index in [0.29, 0.717) is 30.3 Å². The highest BCUT2D eigenvalue weighted by Gasteiger charge is 2.23. The number of carbonyl (C=O) groups excluding carboxylic acids is 2. The second kappa shape index (κ2) is 7.63. The number of rotatable bonds is 6. The summed E-state index contributed by atoms with van der Waals surface area (Å²) in [7, 11) is 1.30. The monoisotopic (exact) mass is 315 g/mol. The number of nitrogens with zero attached hydrogens (tertiary/aromatic N) is 1. The van der Waals surface area contributed by atoms with Crippen LogP contribution in [0, 0.1) is 5.92 Å². The molecule has 2 aromatic rings. The molecule has 0 bridgehead atoms. The molecule has 0 radical (unpaired) electrons. The summed E-state index contributed by atoms with van der Waals surface area (Å²) in [5.41, 5.74) is 0.611. The lowest BCUT2D eigenvalue weighted by Gasteiger charge is -2.24. The van der Waals surface area contributed by atoms with Crippen molar-refractivity contribution in [1.29, 1.82) is 0 Å². The van der Waals surface area contributed by atoms with Crippen LogP contribution in [0.3, 0.4) is 0 Å². The molecule has 0 saturated carbocycles. The van der Waals surface area contributed by atoms with Crippen LogP contribution in [0.25, 0.3) is 0 Å². The van der Waals surface area contributed by atoms with Gasteiger partial charge in [0, 0.05) is 6.54 Å². The second-order valence-electron chi connectivity index (χ2n) is 5.70. The molecule has 0 N–H and O–H groups in total. The summed E-state index contributed by atoms with van der Waals surface area (Å²) in [6.45, 7) is 5.00. The number of hydrogen-bond donors (Lipinski definition) is 0. The summed E-state index contributed by atoms with van der Waals surface area (Å²) in [4.78, 5) is 26.5. The minimum absolute atomic E-state index is 0.212. The van der Waals surface area contributed by atoms with Crippen LogP contribution in [-0.2, 0) is 11.3 Å². The SMILES string of the molecule is COC(=O)c1ccccc1C(=O)N(Cc1ccco1)CC(C)C. The maximum Gasteiger partial charge on any atom is 0.338 e. The molecule has 122 valence electrons. The Kier molecular flexibility index (Phi) is 5.57. The standard InChI is InChI=1S/C18H21NO4/c1-13(2)11-19(12-14-7-6-10-23-14)17(20)15-8-4-5-9-16(15)18(21)22-3/h4-10,13H,11-12H2,1-3H3. The van der Waals surface area contributed by atoms with Crippen molar-refractivity contribution in [3.8, 4) is 0 Å². The van der Waals surface area contributed by atoms with E-state index in [0.717, 1.165) is 0 Å². The molecule has 0 saturated heterocycles. The van der Waals surface area contributed by atoms with Crippen molar-refractivity contribution in [3.05, 3.63) is 59.5 Å². The first-order chi connectivity index (χ1) is 11.0. The van der Waals surface area contributed by atoms with Crippen molar-refractivity contribution in [3.63, 3.8) is 0 Å². The zero-order chi connectivity index (χ0) is 16.8. The number of methoxy groups -OCH3 is 1. The van der Waals surface area contributed by atoms with Gasteiger partial charge in [-0.3, -0.25) is 4.79 Å². The van der Waals surface area contributed by atoms with E-state index in [1.54, 1.807) is 41.5 Å². The van der Waals surface area contributed by atoms with Gasteiger partial charge in [0.1, 0.15) is 5.76 Å². The molecule has 5 heteroatoms. The highest BCUT2D eigenvalue weighted by atomic mass is 16.5. The van der Waals surface area contributed by atoms with Crippen LogP contribution in [0.2, 0.25) is 0 Å². The highest BCUT2D eigenvalue weighted by Crippen LogP contribution is 2.17. The fourth-order valence-electron chi connectivity index (χ4n) is 2.38. The number of hydrogen-bond acceptors (Lipinski definition) is 4. The minimum Gasteiger partial charge on any atom is -0.467 e. The molecule has 5 nitrogen and oxygen atoms in total. The zero-order valence-electron chi connectivity index (χ0n) is 13.6. The smallest absolute Gasteiger partial charge is 0.338 e. The van der Waals surface area contributed by atoms with Gasteiger partial charge in [0.15, 0.2) is 0 Å². The Bertz CT molecular complexity index is 661. The van der Waals surface area contributed by atoms with Crippen molar-refractivity contribution in [2.24, 2.45) is 5.92 Å². The summed E-state index contributed by atoms with van der Waals surface area (Å²) in [6, 6.07) is 10.3. The predicted molar refractivity (Wildman–Crippen MR) is 86.1 cm³/mol. The lowest BCUT2D eigenvalue weighted by molar-refractivity contribution is 0.0586. The molecule has 0 spiro atoms. The topological polar surface area (TPSA) is 59.8 Å². The molecule has 0 unspecified atom stereocenters. The summed E-state index contributed by atoms with van der Waals surface area (Å²) >= 11 is 0. The maximum atomic E-state index is 12.9. The van der Waals surface area contributed by atoms with Gasteiger partial charge in [0.05, 0.1) is 31.0 Å². The molecular formula is C18H21NO4. The Labute approximate surface area is 135 Å². The van der Waals surface area contributed by atoms with Gasteiger partial charge in [0.25, 0.3) is 5.91 Å². The van der Waals surface area contributed by atoms with Crippen LogP contribution < -0.4 is 0 Å². The van der Waals surface area contributed by atoms with Crippen LogP contribution in [0.5, 0.6) is 0 Å². The third-order valence-corrected chi connectivity index (χ3v) is 3.36. The lowest BCUT2D eigenvalue weighted by Crippen LogP contribution is -2.34. The number of benzene rings is 1. The van der Waals surface area contributed by atoms with Gasteiger partial charge in [-0.2, -0.15) is 0 Å². The molecule has 2 rings (SSSR count). The Balaban J connectivity index is 2.31. The van der Waals surface area contributed by atoms with Crippen molar-refractivity contribution >= 4 is 11.9 Å². The number of ether oxygens (including phenoxy) is 1. The minimum atomic E-state index is -0.517. The third kappa shape index (κ3) is 4.22. The number of amides is 1. The maximum absolute atomic E-state index is 12.9. The van der Waals surface area contributed by atoms with Crippen LogP contribution in [0.15, 0.2) is 47.1 Å². The second-order valence-corrected chi connectivity index (χ2v) is 5.70.